The Hall–Kier alpha value is -1.81. The van der Waals surface area contributed by atoms with Crippen molar-refractivity contribution in [2.75, 3.05) is 6.54 Å². The van der Waals surface area contributed by atoms with Crippen LogP contribution in [0.5, 0.6) is 0 Å². The molecule has 138 valence electrons. The number of rotatable bonds is 5. The van der Waals surface area contributed by atoms with Gasteiger partial charge in [0.05, 0.1) is 17.6 Å². The predicted octanol–water partition coefficient (Wildman–Crippen LogP) is -0.598. The Labute approximate surface area is 146 Å². The number of piperidine rings is 1. The van der Waals surface area contributed by atoms with Gasteiger partial charge in [0.2, 0.25) is 0 Å². The molecular weight excluding hydrogens is 398 g/mol. The molecule has 15 heteroatoms. The van der Waals surface area contributed by atoms with Crippen LogP contribution in [0.4, 0.5) is 4.79 Å². The molecule has 0 saturated carbocycles. The van der Waals surface area contributed by atoms with Crippen molar-refractivity contribution in [3.63, 3.8) is 0 Å². The second-order valence-electron chi connectivity index (χ2n) is 5.36. The third-order valence-electron chi connectivity index (χ3n) is 3.76. The van der Waals surface area contributed by atoms with Crippen LogP contribution in [0.25, 0.3) is 0 Å². The number of sulfonamides is 1. The van der Waals surface area contributed by atoms with E-state index in [9.17, 15) is 21.6 Å². The molecule has 2 unspecified atom stereocenters. The number of carbonyl (C=O) groups is 1. The maximum Gasteiger partial charge on any atom is 0.418 e. The van der Waals surface area contributed by atoms with Gasteiger partial charge in [-0.15, -0.1) is 15.6 Å². The molecule has 1 aromatic heterocycles. The standard InChI is InChI=1S/C10H13N5O7S3/c11-9(13-24(17,18)8-4-23-5-12-8)7-2-1-6-3-14(7)10(16)15(6)22-25(19,20)21/h4-7H,1-3H2,(H2,11,13)(H,19,20,21). The van der Waals surface area contributed by atoms with E-state index in [1.807, 2.05) is 0 Å². The summed E-state index contributed by atoms with van der Waals surface area (Å²) in [6.45, 7) is 0.0415. The van der Waals surface area contributed by atoms with Crippen LogP contribution < -0.4 is 4.72 Å². The van der Waals surface area contributed by atoms with Crippen LogP contribution >= 0.6 is 11.3 Å². The summed E-state index contributed by atoms with van der Waals surface area (Å²) in [5.74, 6) is -0.437. The second-order valence-corrected chi connectivity index (χ2v) is 8.71. The highest BCUT2D eigenvalue weighted by Crippen LogP contribution is 2.31. The fourth-order valence-corrected chi connectivity index (χ4v) is 4.99. The number of amidine groups is 1. The normalized spacial score (nSPS) is 23.8. The number of nitrogens with zero attached hydrogens (tertiary/aromatic N) is 3. The fraction of sp³-hybridized carbons (Fsp3) is 0.500. The maximum absolute atomic E-state index is 12.2. The first-order valence-corrected chi connectivity index (χ1v) is 10.6. The summed E-state index contributed by atoms with van der Waals surface area (Å²) in [6.07, 6.45) is 0.489. The van der Waals surface area contributed by atoms with E-state index in [1.54, 1.807) is 0 Å². The van der Waals surface area contributed by atoms with E-state index in [2.05, 4.69) is 14.0 Å². The summed E-state index contributed by atoms with van der Waals surface area (Å²) >= 11 is 1.08. The third kappa shape index (κ3) is 3.59. The maximum atomic E-state index is 12.2. The van der Waals surface area contributed by atoms with Gasteiger partial charge in [0.25, 0.3) is 10.0 Å². The van der Waals surface area contributed by atoms with E-state index in [0.29, 0.717) is 5.06 Å². The van der Waals surface area contributed by atoms with Crippen LogP contribution in [0.1, 0.15) is 12.8 Å². The van der Waals surface area contributed by atoms with Crippen molar-refractivity contribution in [3.05, 3.63) is 10.9 Å². The van der Waals surface area contributed by atoms with Crippen LogP contribution in [0.3, 0.4) is 0 Å². The van der Waals surface area contributed by atoms with Crippen LogP contribution in [-0.4, -0.2) is 66.8 Å². The molecule has 1 aromatic rings. The lowest BCUT2D eigenvalue weighted by Crippen LogP contribution is -2.50. The summed E-state index contributed by atoms with van der Waals surface area (Å²) in [4.78, 5) is 17.0. The molecule has 0 spiro atoms. The van der Waals surface area contributed by atoms with E-state index < -0.39 is 44.4 Å². The topological polar surface area (TPSA) is 170 Å². The highest BCUT2D eigenvalue weighted by atomic mass is 32.3. The third-order valence-corrected chi connectivity index (χ3v) is 6.11. The predicted molar refractivity (Wildman–Crippen MR) is 83.5 cm³/mol. The quantitative estimate of drug-likeness (QED) is 0.327. The monoisotopic (exact) mass is 411 g/mol. The van der Waals surface area contributed by atoms with Gasteiger partial charge in [0, 0.05) is 11.9 Å². The molecule has 3 heterocycles. The molecule has 3 rings (SSSR count). The Bertz CT molecular complexity index is 897. The lowest BCUT2D eigenvalue weighted by Gasteiger charge is -2.30. The molecule has 25 heavy (non-hydrogen) atoms. The smallest absolute Gasteiger partial charge is 0.310 e. The van der Waals surface area contributed by atoms with Gasteiger partial charge in [-0.25, -0.2) is 9.78 Å². The van der Waals surface area contributed by atoms with Crippen LogP contribution in [0.15, 0.2) is 15.9 Å². The average Bonchev–Trinajstić information content (AvgIpc) is 3.11. The zero-order chi connectivity index (χ0) is 18.4. The van der Waals surface area contributed by atoms with Gasteiger partial charge in [0.1, 0.15) is 5.84 Å². The van der Waals surface area contributed by atoms with E-state index in [-0.39, 0.29) is 24.4 Å². The Morgan fingerprint density at radius 3 is 2.72 bits per heavy atom. The van der Waals surface area contributed by atoms with E-state index in [4.69, 9.17) is 9.96 Å². The summed E-state index contributed by atoms with van der Waals surface area (Å²) < 4.78 is 61.0. The number of hydrogen-bond donors (Lipinski definition) is 3. The minimum absolute atomic E-state index is 0.0415. The van der Waals surface area contributed by atoms with Crippen molar-refractivity contribution < 1.29 is 30.5 Å². The first-order valence-electron chi connectivity index (χ1n) is 6.85. The largest absolute Gasteiger partial charge is 0.418 e. The highest BCUT2D eigenvalue weighted by molar-refractivity contribution is 7.90. The molecule has 2 amide bonds. The fourth-order valence-electron chi connectivity index (χ4n) is 2.73. The van der Waals surface area contributed by atoms with Gasteiger partial charge >= 0.3 is 16.4 Å². The Morgan fingerprint density at radius 1 is 1.40 bits per heavy atom. The van der Waals surface area contributed by atoms with Crippen molar-refractivity contribution in [1.29, 1.82) is 5.41 Å². The van der Waals surface area contributed by atoms with Crippen molar-refractivity contribution in [3.8, 4) is 0 Å². The Kier molecular flexibility index (Phi) is 4.44. The van der Waals surface area contributed by atoms with Crippen LogP contribution in [0, 0.1) is 5.41 Å². The molecule has 0 aromatic carbocycles. The first-order chi connectivity index (χ1) is 11.6. The van der Waals surface area contributed by atoms with Gasteiger partial charge in [0.15, 0.2) is 5.03 Å². The van der Waals surface area contributed by atoms with Gasteiger partial charge < -0.3 is 4.90 Å². The minimum Gasteiger partial charge on any atom is -0.310 e. The molecular formula is C10H13N5O7S3. The van der Waals surface area contributed by atoms with Crippen LogP contribution in [0.2, 0.25) is 0 Å². The number of urea groups is 1. The van der Waals surface area contributed by atoms with E-state index >= 15 is 0 Å². The van der Waals surface area contributed by atoms with Crippen LogP contribution in [-0.2, 0) is 24.7 Å². The minimum atomic E-state index is -4.87. The molecule has 2 fully saturated rings. The number of aromatic nitrogens is 1. The summed E-state index contributed by atoms with van der Waals surface area (Å²) in [7, 11) is -8.91. The van der Waals surface area contributed by atoms with Gasteiger partial charge in [-0.2, -0.15) is 21.9 Å². The molecule has 0 radical (unpaired) electrons. The van der Waals surface area contributed by atoms with Crippen molar-refractivity contribution in [1.82, 2.24) is 19.7 Å². The second kappa shape index (κ2) is 6.17. The number of hydroxylamine groups is 2. The van der Waals surface area contributed by atoms with Gasteiger partial charge in [-0.1, -0.05) is 0 Å². The zero-order valence-electron chi connectivity index (χ0n) is 12.4. The summed E-state index contributed by atoms with van der Waals surface area (Å²) in [5, 5.41) is 9.58. The number of hydrogen-bond acceptors (Lipinski definition) is 9. The lowest BCUT2D eigenvalue weighted by molar-refractivity contribution is -0.0316. The van der Waals surface area contributed by atoms with Crippen molar-refractivity contribution >= 4 is 43.6 Å². The molecule has 2 aliphatic rings. The molecule has 12 nitrogen and oxygen atoms in total. The van der Waals surface area contributed by atoms with Gasteiger partial charge in [-0.05, 0) is 12.8 Å². The Balaban J connectivity index is 1.75. The summed E-state index contributed by atoms with van der Waals surface area (Å²) in [6, 6.07) is -2.39. The molecule has 2 saturated heterocycles. The molecule has 3 N–H and O–H groups in total. The van der Waals surface area contributed by atoms with Crippen molar-refractivity contribution in [2.24, 2.45) is 0 Å². The van der Waals surface area contributed by atoms with Gasteiger partial charge in [-0.3, -0.25) is 14.7 Å². The van der Waals surface area contributed by atoms with E-state index in [1.165, 1.54) is 10.9 Å². The molecule has 2 atom stereocenters. The number of fused-ring (bicyclic) bond motifs is 2. The lowest BCUT2D eigenvalue weighted by atomic mass is 10.0. The highest BCUT2D eigenvalue weighted by Gasteiger charge is 2.48. The van der Waals surface area contributed by atoms with E-state index in [0.717, 1.165) is 16.2 Å². The van der Waals surface area contributed by atoms with Crippen molar-refractivity contribution in [2.45, 2.75) is 30.0 Å². The SMILES string of the molecule is N=C(NS(=O)(=O)c1cscn1)C1CCC2CN1C(=O)N2OS(=O)(=O)O. The number of thiazole rings is 1. The molecule has 0 aliphatic carbocycles. The molecule has 2 bridgehead atoms. The molecule has 2 aliphatic heterocycles. The zero-order valence-corrected chi connectivity index (χ0v) is 14.8. The number of carbonyl (C=O) groups excluding carboxylic acids is 1. The number of nitrogens with one attached hydrogen (secondary N) is 2. The number of amides is 2. The Morgan fingerprint density at radius 2 is 2.12 bits per heavy atom. The first kappa shape index (κ1) is 18.0. The summed E-state index contributed by atoms with van der Waals surface area (Å²) in [5.41, 5.74) is 1.33. The average molecular weight is 411 g/mol.